The number of carboxylic acid groups (broad SMARTS) is 1. The number of unbranched alkanes of at least 4 members (excludes halogenated alkanes) is 1. The van der Waals surface area contributed by atoms with E-state index in [4.69, 9.17) is 15.6 Å². The van der Waals surface area contributed by atoms with Crippen molar-refractivity contribution >= 4 is 17.6 Å². The first-order valence-electron chi connectivity index (χ1n) is 6.07. The Balaban J connectivity index is 2.54. The number of carbonyl (C=O) groups is 2. The molecule has 6 heteroatoms. The normalized spacial score (nSPS) is 9.95. The fourth-order valence-electron chi connectivity index (χ4n) is 1.39. The minimum Gasteiger partial charge on any atom is -0.482 e. The average Bonchev–Trinajstić information content (AvgIpc) is 2.37. The molecule has 1 amide bonds. The van der Waals surface area contributed by atoms with Gasteiger partial charge in [0.15, 0.2) is 6.61 Å². The summed E-state index contributed by atoms with van der Waals surface area (Å²) in [6, 6.07) is 4.12. The fourth-order valence-corrected chi connectivity index (χ4v) is 1.39. The van der Waals surface area contributed by atoms with Crippen LogP contribution >= 0.6 is 0 Å². The lowest BCUT2D eigenvalue weighted by molar-refractivity contribution is -0.123. The smallest absolute Gasteiger partial charge is 0.335 e. The van der Waals surface area contributed by atoms with Crippen LogP contribution in [0.1, 0.15) is 30.1 Å². The number of nitrogen functional groups attached to an aromatic ring is 1. The molecule has 0 heterocycles. The lowest BCUT2D eigenvalue weighted by atomic mass is 10.2. The highest BCUT2D eigenvalue weighted by Crippen LogP contribution is 2.22. The Morgan fingerprint density at radius 1 is 1.42 bits per heavy atom. The molecule has 0 unspecified atom stereocenters. The summed E-state index contributed by atoms with van der Waals surface area (Å²) in [7, 11) is 0. The molecule has 1 aromatic rings. The van der Waals surface area contributed by atoms with Crippen LogP contribution in [0.3, 0.4) is 0 Å². The van der Waals surface area contributed by atoms with Crippen molar-refractivity contribution in [1.82, 2.24) is 5.32 Å². The second-order valence-electron chi connectivity index (χ2n) is 4.05. The molecule has 1 rings (SSSR count). The third kappa shape index (κ3) is 4.87. The number of carboxylic acids is 1. The van der Waals surface area contributed by atoms with Crippen molar-refractivity contribution in [3.8, 4) is 5.75 Å². The van der Waals surface area contributed by atoms with E-state index in [2.05, 4.69) is 5.32 Å². The van der Waals surface area contributed by atoms with E-state index in [1.165, 1.54) is 18.2 Å². The summed E-state index contributed by atoms with van der Waals surface area (Å²) in [5.74, 6) is -1.13. The van der Waals surface area contributed by atoms with Crippen molar-refractivity contribution in [1.29, 1.82) is 0 Å². The maximum Gasteiger partial charge on any atom is 0.335 e. The summed E-state index contributed by atoms with van der Waals surface area (Å²) < 4.78 is 5.22. The molecule has 0 aromatic heterocycles. The summed E-state index contributed by atoms with van der Waals surface area (Å²) in [5.41, 5.74) is 6.01. The van der Waals surface area contributed by atoms with Crippen molar-refractivity contribution in [2.75, 3.05) is 18.9 Å². The van der Waals surface area contributed by atoms with Crippen molar-refractivity contribution in [3.05, 3.63) is 23.8 Å². The molecule has 0 fully saturated rings. The molecular formula is C13H18N2O4. The second kappa shape index (κ2) is 7.25. The van der Waals surface area contributed by atoms with E-state index in [0.717, 1.165) is 12.8 Å². The third-order valence-corrected chi connectivity index (χ3v) is 2.47. The van der Waals surface area contributed by atoms with E-state index in [9.17, 15) is 9.59 Å². The minimum atomic E-state index is -1.07. The number of hydrogen-bond acceptors (Lipinski definition) is 4. The number of aromatic carboxylic acids is 1. The lowest BCUT2D eigenvalue weighted by Gasteiger charge is -2.09. The van der Waals surface area contributed by atoms with Crippen LogP contribution in [-0.2, 0) is 4.79 Å². The molecule has 4 N–H and O–H groups in total. The highest BCUT2D eigenvalue weighted by Gasteiger charge is 2.09. The number of rotatable bonds is 7. The van der Waals surface area contributed by atoms with Crippen molar-refractivity contribution in [3.63, 3.8) is 0 Å². The van der Waals surface area contributed by atoms with Crippen LogP contribution in [0, 0.1) is 0 Å². The van der Waals surface area contributed by atoms with Crippen LogP contribution < -0.4 is 15.8 Å². The monoisotopic (exact) mass is 266 g/mol. The molecule has 104 valence electrons. The number of hydrogen-bond donors (Lipinski definition) is 3. The van der Waals surface area contributed by atoms with Gasteiger partial charge in [-0.05, 0) is 24.6 Å². The topological polar surface area (TPSA) is 102 Å². The number of ether oxygens (including phenoxy) is 1. The van der Waals surface area contributed by atoms with Gasteiger partial charge in [-0.3, -0.25) is 4.79 Å². The summed E-state index contributed by atoms with van der Waals surface area (Å²) in [6.07, 6.45) is 1.90. The number of amides is 1. The first-order valence-corrected chi connectivity index (χ1v) is 6.07. The quantitative estimate of drug-likeness (QED) is 0.509. The van der Waals surface area contributed by atoms with Gasteiger partial charge in [-0.15, -0.1) is 0 Å². The Kier molecular flexibility index (Phi) is 5.66. The first-order chi connectivity index (χ1) is 9.04. The standard InChI is InChI=1S/C13H18N2O4/c1-2-3-6-15-12(16)8-19-11-7-9(13(17)18)4-5-10(11)14/h4-5,7H,2-3,6,8,14H2,1H3,(H,15,16)(H,17,18). The van der Waals surface area contributed by atoms with E-state index >= 15 is 0 Å². The zero-order chi connectivity index (χ0) is 14.3. The Bertz CT molecular complexity index is 460. The van der Waals surface area contributed by atoms with Gasteiger partial charge in [0.25, 0.3) is 5.91 Å². The van der Waals surface area contributed by atoms with Gasteiger partial charge in [-0.2, -0.15) is 0 Å². The molecule has 0 spiro atoms. The van der Waals surface area contributed by atoms with Gasteiger partial charge in [0.1, 0.15) is 5.75 Å². The number of anilines is 1. The molecule has 0 bridgehead atoms. The van der Waals surface area contributed by atoms with Gasteiger partial charge >= 0.3 is 5.97 Å². The lowest BCUT2D eigenvalue weighted by Crippen LogP contribution is -2.29. The van der Waals surface area contributed by atoms with E-state index in [1.807, 2.05) is 6.92 Å². The minimum absolute atomic E-state index is 0.0654. The molecule has 1 aromatic carbocycles. The molecule has 0 saturated heterocycles. The Hall–Kier alpha value is -2.24. The summed E-state index contributed by atoms with van der Waals surface area (Å²) in [5, 5.41) is 11.5. The summed E-state index contributed by atoms with van der Waals surface area (Å²) in [4.78, 5) is 22.2. The largest absolute Gasteiger partial charge is 0.482 e. The molecular weight excluding hydrogens is 248 g/mol. The number of carbonyl (C=O) groups excluding carboxylic acids is 1. The van der Waals surface area contributed by atoms with Gasteiger partial charge in [-0.25, -0.2) is 4.79 Å². The van der Waals surface area contributed by atoms with Crippen molar-refractivity contribution in [2.24, 2.45) is 0 Å². The Morgan fingerprint density at radius 3 is 2.79 bits per heavy atom. The van der Waals surface area contributed by atoms with Crippen LogP contribution in [0.2, 0.25) is 0 Å². The number of nitrogens with one attached hydrogen (secondary N) is 1. The maximum atomic E-state index is 11.4. The molecule has 0 radical (unpaired) electrons. The van der Waals surface area contributed by atoms with Gasteiger partial charge in [0.05, 0.1) is 11.3 Å². The van der Waals surface area contributed by atoms with Crippen LogP contribution in [0.5, 0.6) is 5.75 Å². The third-order valence-electron chi connectivity index (χ3n) is 2.47. The number of nitrogens with two attached hydrogens (primary N) is 1. The zero-order valence-corrected chi connectivity index (χ0v) is 10.8. The predicted octanol–water partition coefficient (Wildman–Crippen LogP) is 1.26. The Morgan fingerprint density at radius 2 is 2.16 bits per heavy atom. The van der Waals surface area contributed by atoms with Gasteiger partial charge in [-0.1, -0.05) is 13.3 Å². The van der Waals surface area contributed by atoms with Crippen molar-refractivity contribution < 1.29 is 19.4 Å². The average molecular weight is 266 g/mol. The Labute approximate surface area is 111 Å². The molecule has 0 atom stereocenters. The SMILES string of the molecule is CCCCNC(=O)COc1cc(C(=O)O)ccc1N. The maximum absolute atomic E-state index is 11.4. The van der Waals surface area contributed by atoms with Crippen LogP contribution in [-0.4, -0.2) is 30.1 Å². The first kappa shape index (κ1) is 14.8. The zero-order valence-electron chi connectivity index (χ0n) is 10.8. The highest BCUT2D eigenvalue weighted by molar-refractivity contribution is 5.89. The molecule has 0 aliphatic heterocycles. The van der Waals surface area contributed by atoms with Gasteiger partial charge in [0.2, 0.25) is 0 Å². The van der Waals surface area contributed by atoms with E-state index in [-0.39, 0.29) is 23.8 Å². The van der Waals surface area contributed by atoms with Crippen molar-refractivity contribution in [2.45, 2.75) is 19.8 Å². The van der Waals surface area contributed by atoms with E-state index in [1.54, 1.807) is 0 Å². The van der Waals surface area contributed by atoms with E-state index < -0.39 is 5.97 Å². The molecule has 0 saturated carbocycles. The number of benzene rings is 1. The summed E-state index contributed by atoms with van der Waals surface area (Å²) >= 11 is 0. The predicted molar refractivity (Wildman–Crippen MR) is 71.2 cm³/mol. The van der Waals surface area contributed by atoms with Gasteiger partial charge < -0.3 is 20.9 Å². The van der Waals surface area contributed by atoms with Crippen LogP contribution in [0.4, 0.5) is 5.69 Å². The molecule has 19 heavy (non-hydrogen) atoms. The van der Waals surface area contributed by atoms with E-state index in [0.29, 0.717) is 12.2 Å². The molecule has 6 nitrogen and oxygen atoms in total. The highest BCUT2D eigenvalue weighted by atomic mass is 16.5. The molecule has 0 aliphatic carbocycles. The molecule has 0 aliphatic rings. The second-order valence-corrected chi connectivity index (χ2v) is 4.05. The fraction of sp³-hybridized carbons (Fsp3) is 0.385. The summed E-state index contributed by atoms with van der Waals surface area (Å²) in [6.45, 7) is 2.45. The van der Waals surface area contributed by atoms with Crippen LogP contribution in [0.15, 0.2) is 18.2 Å². The van der Waals surface area contributed by atoms with Crippen LogP contribution in [0.25, 0.3) is 0 Å². The van der Waals surface area contributed by atoms with Gasteiger partial charge in [0, 0.05) is 6.54 Å².